The summed E-state index contributed by atoms with van der Waals surface area (Å²) in [6, 6.07) is 20.2. The number of anilines is 1. The maximum atomic E-state index is 12.8. The lowest BCUT2D eigenvalue weighted by atomic mass is 10.1. The molecule has 0 N–H and O–H groups in total. The molecule has 0 spiro atoms. The zero-order valence-electron chi connectivity index (χ0n) is 14.5. The number of esters is 1. The van der Waals surface area contributed by atoms with Crippen LogP contribution in [0.1, 0.15) is 36.6 Å². The first kappa shape index (κ1) is 16.7. The maximum Gasteiger partial charge on any atom is 0.345 e. The average molecular weight is 357 g/mol. The van der Waals surface area contributed by atoms with Crippen molar-refractivity contribution in [3.8, 4) is 5.75 Å². The molecule has 0 bridgehead atoms. The van der Waals surface area contributed by atoms with Crippen molar-refractivity contribution in [1.82, 2.24) is 0 Å². The van der Waals surface area contributed by atoms with Crippen LogP contribution in [0.4, 0.5) is 5.69 Å². The van der Waals surface area contributed by atoms with Crippen LogP contribution >= 0.6 is 0 Å². The zero-order valence-corrected chi connectivity index (χ0v) is 14.5. The van der Waals surface area contributed by atoms with Crippen molar-refractivity contribution in [3.63, 3.8) is 0 Å². The Morgan fingerprint density at radius 1 is 0.778 bits per heavy atom. The second-order valence-electron chi connectivity index (χ2n) is 6.16. The molecular weight excluding hydrogens is 342 g/mol. The largest absolute Gasteiger partial charge is 0.423 e. The van der Waals surface area contributed by atoms with E-state index >= 15 is 0 Å². The summed E-state index contributed by atoms with van der Waals surface area (Å²) in [5.74, 6) is -1.10. The Labute approximate surface area is 155 Å². The van der Waals surface area contributed by atoms with Crippen LogP contribution in [0.2, 0.25) is 0 Å². The van der Waals surface area contributed by atoms with Crippen LogP contribution in [0.15, 0.2) is 72.8 Å². The van der Waals surface area contributed by atoms with E-state index in [4.69, 9.17) is 4.74 Å². The Morgan fingerprint density at radius 2 is 1.33 bits per heavy atom. The van der Waals surface area contributed by atoms with E-state index in [9.17, 15) is 14.4 Å². The number of rotatable bonds is 3. The van der Waals surface area contributed by atoms with Gasteiger partial charge < -0.3 is 4.74 Å². The van der Waals surface area contributed by atoms with Gasteiger partial charge in [-0.2, -0.15) is 0 Å². The minimum absolute atomic E-state index is 0.148. The fourth-order valence-electron chi connectivity index (χ4n) is 3.08. The first-order valence-electron chi connectivity index (χ1n) is 8.42. The molecule has 0 unspecified atom stereocenters. The molecule has 3 aromatic carbocycles. The third-order valence-electron chi connectivity index (χ3n) is 4.46. The molecule has 1 aliphatic heterocycles. The smallest absolute Gasteiger partial charge is 0.345 e. The fraction of sp³-hybridized carbons (Fsp3) is 0.0455. The minimum atomic E-state index is -0.628. The zero-order chi connectivity index (χ0) is 19.0. The normalized spacial score (nSPS) is 12.9. The van der Waals surface area contributed by atoms with Crippen molar-refractivity contribution in [3.05, 3.63) is 95.1 Å². The summed E-state index contributed by atoms with van der Waals surface area (Å²) in [7, 11) is 0. The van der Waals surface area contributed by atoms with Gasteiger partial charge >= 0.3 is 5.97 Å². The quantitative estimate of drug-likeness (QED) is 0.404. The average Bonchev–Trinajstić information content (AvgIpc) is 2.94. The summed E-state index contributed by atoms with van der Waals surface area (Å²) >= 11 is 0. The minimum Gasteiger partial charge on any atom is -0.423 e. The van der Waals surface area contributed by atoms with E-state index in [-0.39, 0.29) is 11.3 Å². The number of nitrogens with zero attached hydrogens (tertiary/aromatic N) is 1. The number of hydrogen-bond acceptors (Lipinski definition) is 4. The van der Waals surface area contributed by atoms with Crippen LogP contribution in [0, 0.1) is 6.92 Å². The van der Waals surface area contributed by atoms with E-state index in [1.807, 2.05) is 19.1 Å². The van der Waals surface area contributed by atoms with Gasteiger partial charge in [0.15, 0.2) is 0 Å². The highest BCUT2D eigenvalue weighted by Gasteiger charge is 2.38. The predicted molar refractivity (Wildman–Crippen MR) is 100 cm³/mol. The predicted octanol–water partition coefficient (Wildman–Crippen LogP) is 4.01. The molecule has 2 amide bonds. The number of carbonyl (C=O) groups excluding carboxylic acids is 3. The molecule has 0 fully saturated rings. The molecule has 0 saturated carbocycles. The lowest BCUT2D eigenvalue weighted by Crippen LogP contribution is -2.31. The number of ether oxygens (including phenoxy) is 1. The number of imide groups is 1. The van der Waals surface area contributed by atoms with Crippen molar-refractivity contribution in [2.75, 3.05) is 4.90 Å². The standard InChI is InChI=1S/C22H15NO4/c1-14-8-2-7-13-19(14)27-22(26)17-11-5-6-12-18(17)23-20(24)15-9-3-4-10-16(15)21(23)25/h2-13H,1H3. The molecule has 0 atom stereocenters. The van der Waals surface area contributed by atoms with E-state index in [1.54, 1.807) is 60.7 Å². The number of fused-ring (bicyclic) bond motifs is 1. The van der Waals surface area contributed by atoms with Gasteiger partial charge in [0.25, 0.3) is 11.8 Å². The van der Waals surface area contributed by atoms with Gasteiger partial charge in [0.1, 0.15) is 5.75 Å². The van der Waals surface area contributed by atoms with Crippen LogP contribution in [-0.4, -0.2) is 17.8 Å². The van der Waals surface area contributed by atoms with Crippen molar-refractivity contribution >= 4 is 23.5 Å². The van der Waals surface area contributed by atoms with Crippen LogP contribution in [-0.2, 0) is 0 Å². The molecule has 0 radical (unpaired) electrons. The molecule has 1 heterocycles. The van der Waals surface area contributed by atoms with Crippen molar-refractivity contribution in [2.45, 2.75) is 6.92 Å². The Balaban J connectivity index is 1.73. The molecule has 0 saturated heterocycles. The number of hydrogen-bond donors (Lipinski definition) is 0. The lowest BCUT2D eigenvalue weighted by Gasteiger charge is -2.17. The van der Waals surface area contributed by atoms with Crippen molar-refractivity contribution in [1.29, 1.82) is 0 Å². The van der Waals surface area contributed by atoms with Crippen molar-refractivity contribution in [2.24, 2.45) is 0 Å². The van der Waals surface area contributed by atoms with Gasteiger partial charge in [-0.25, -0.2) is 9.69 Å². The number of para-hydroxylation sites is 2. The number of benzene rings is 3. The van der Waals surface area contributed by atoms with Gasteiger partial charge in [-0.15, -0.1) is 0 Å². The van der Waals surface area contributed by atoms with Crippen LogP contribution < -0.4 is 9.64 Å². The van der Waals surface area contributed by atoms with Gasteiger partial charge in [-0.1, -0.05) is 42.5 Å². The molecule has 5 nitrogen and oxygen atoms in total. The van der Waals surface area contributed by atoms with Crippen molar-refractivity contribution < 1.29 is 19.1 Å². The molecule has 0 aromatic heterocycles. The van der Waals surface area contributed by atoms with Gasteiger partial charge in [0.05, 0.1) is 22.4 Å². The summed E-state index contributed by atoms with van der Waals surface area (Å²) in [6.07, 6.45) is 0. The van der Waals surface area contributed by atoms with Gasteiger partial charge in [0, 0.05) is 0 Å². The first-order valence-corrected chi connectivity index (χ1v) is 8.42. The molecule has 3 aromatic rings. The van der Waals surface area contributed by atoms with E-state index in [0.717, 1.165) is 10.5 Å². The Kier molecular flexibility index (Phi) is 4.05. The van der Waals surface area contributed by atoms with Crippen LogP contribution in [0.25, 0.3) is 0 Å². The molecule has 4 rings (SSSR count). The molecule has 5 heteroatoms. The SMILES string of the molecule is Cc1ccccc1OC(=O)c1ccccc1N1C(=O)c2ccccc2C1=O. The maximum absolute atomic E-state index is 12.8. The summed E-state index contributed by atoms with van der Waals surface area (Å²) in [5.41, 5.74) is 1.82. The van der Waals surface area contributed by atoms with E-state index in [0.29, 0.717) is 16.9 Å². The van der Waals surface area contributed by atoms with Gasteiger partial charge in [0.2, 0.25) is 0 Å². The van der Waals surface area contributed by atoms with E-state index in [1.165, 1.54) is 0 Å². The Morgan fingerprint density at radius 3 is 2.00 bits per heavy atom. The lowest BCUT2D eigenvalue weighted by molar-refractivity contribution is 0.0734. The molecule has 1 aliphatic rings. The third-order valence-corrected chi connectivity index (χ3v) is 4.46. The molecule has 27 heavy (non-hydrogen) atoms. The topological polar surface area (TPSA) is 63.7 Å². The fourth-order valence-corrected chi connectivity index (χ4v) is 3.08. The molecular formula is C22H15NO4. The summed E-state index contributed by atoms with van der Waals surface area (Å²) in [6.45, 7) is 1.83. The van der Waals surface area contributed by atoms with Gasteiger partial charge in [-0.05, 0) is 42.8 Å². The highest BCUT2D eigenvalue weighted by molar-refractivity contribution is 6.35. The number of carbonyl (C=O) groups is 3. The van der Waals surface area contributed by atoms with Crippen LogP contribution in [0.3, 0.4) is 0 Å². The highest BCUT2D eigenvalue weighted by atomic mass is 16.5. The second-order valence-corrected chi connectivity index (χ2v) is 6.16. The van der Waals surface area contributed by atoms with E-state index < -0.39 is 17.8 Å². The van der Waals surface area contributed by atoms with E-state index in [2.05, 4.69) is 0 Å². The Bertz CT molecular complexity index is 1050. The number of amides is 2. The summed E-state index contributed by atoms with van der Waals surface area (Å²) in [5, 5.41) is 0. The molecule has 0 aliphatic carbocycles. The monoisotopic (exact) mass is 357 g/mol. The third kappa shape index (κ3) is 2.79. The van der Waals surface area contributed by atoms with Crippen LogP contribution in [0.5, 0.6) is 5.75 Å². The second kappa shape index (κ2) is 6.53. The summed E-state index contributed by atoms with van der Waals surface area (Å²) in [4.78, 5) is 39.3. The summed E-state index contributed by atoms with van der Waals surface area (Å²) < 4.78 is 5.49. The van der Waals surface area contributed by atoms with Gasteiger partial charge in [-0.3, -0.25) is 9.59 Å². The highest BCUT2D eigenvalue weighted by Crippen LogP contribution is 2.31. The number of aryl methyl sites for hydroxylation is 1. The first-order chi connectivity index (χ1) is 13.1. The molecule has 132 valence electrons. The Hall–Kier alpha value is -3.73.